The number of aromatic nitrogens is 1. The highest BCUT2D eigenvalue weighted by Crippen LogP contribution is 2.16. The van der Waals surface area contributed by atoms with Gasteiger partial charge in [0.1, 0.15) is 5.82 Å². The van der Waals surface area contributed by atoms with E-state index in [0.717, 1.165) is 42.8 Å². The van der Waals surface area contributed by atoms with E-state index in [4.69, 9.17) is 4.74 Å². The second kappa shape index (κ2) is 5.45. The summed E-state index contributed by atoms with van der Waals surface area (Å²) >= 11 is 0. The van der Waals surface area contributed by atoms with E-state index in [1.54, 1.807) is 0 Å². The Bertz CT molecular complexity index is 615. The summed E-state index contributed by atoms with van der Waals surface area (Å²) in [4.78, 5) is 14.8. The van der Waals surface area contributed by atoms with Gasteiger partial charge in [0.05, 0.1) is 6.61 Å². The van der Waals surface area contributed by atoms with Crippen LogP contribution in [0, 0.1) is 5.92 Å². The van der Waals surface area contributed by atoms with Gasteiger partial charge in [0.2, 0.25) is 0 Å². The normalized spacial score (nSPS) is 19.5. The molecular formula is C15H18N2O2. The summed E-state index contributed by atoms with van der Waals surface area (Å²) in [6, 6.07) is 9.61. The highest BCUT2D eigenvalue weighted by atomic mass is 16.5. The van der Waals surface area contributed by atoms with Crippen LogP contribution in [0.5, 0.6) is 0 Å². The maximum atomic E-state index is 11.9. The predicted octanol–water partition coefficient (Wildman–Crippen LogP) is 2.37. The number of anilines is 1. The number of hydrogen-bond donors (Lipinski definition) is 2. The van der Waals surface area contributed by atoms with E-state index in [0.29, 0.717) is 5.92 Å². The van der Waals surface area contributed by atoms with Gasteiger partial charge in [-0.25, -0.2) is 0 Å². The molecule has 2 heterocycles. The highest BCUT2D eigenvalue weighted by molar-refractivity contribution is 5.83. The summed E-state index contributed by atoms with van der Waals surface area (Å²) in [5.74, 6) is 1.32. The van der Waals surface area contributed by atoms with Crippen molar-refractivity contribution >= 4 is 16.6 Å². The number of aromatic amines is 1. The SMILES string of the molecule is O=c1[nH]c(NCC2CCCOC2)cc2ccccc12. The molecule has 0 saturated carbocycles. The largest absolute Gasteiger partial charge is 0.381 e. The van der Waals surface area contributed by atoms with Gasteiger partial charge in [-0.3, -0.25) is 4.79 Å². The molecule has 1 aliphatic heterocycles. The maximum Gasteiger partial charge on any atom is 0.257 e. The molecule has 0 amide bonds. The molecule has 4 nitrogen and oxygen atoms in total. The van der Waals surface area contributed by atoms with E-state index in [1.807, 2.05) is 30.3 Å². The molecule has 1 atom stereocenters. The van der Waals surface area contributed by atoms with Gasteiger partial charge < -0.3 is 15.0 Å². The first-order chi connectivity index (χ1) is 9.33. The first kappa shape index (κ1) is 12.2. The van der Waals surface area contributed by atoms with Gasteiger partial charge in [-0.1, -0.05) is 18.2 Å². The van der Waals surface area contributed by atoms with Gasteiger partial charge in [0.25, 0.3) is 5.56 Å². The van der Waals surface area contributed by atoms with E-state index in [-0.39, 0.29) is 5.56 Å². The van der Waals surface area contributed by atoms with Crippen LogP contribution in [0.1, 0.15) is 12.8 Å². The van der Waals surface area contributed by atoms with Crippen LogP contribution in [0.4, 0.5) is 5.82 Å². The van der Waals surface area contributed by atoms with Crippen molar-refractivity contribution < 1.29 is 4.74 Å². The molecule has 4 heteroatoms. The average Bonchev–Trinajstić information content (AvgIpc) is 2.46. The lowest BCUT2D eigenvalue weighted by Gasteiger charge is -2.22. The van der Waals surface area contributed by atoms with E-state index >= 15 is 0 Å². The lowest BCUT2D eigenvalue weighted by Crippen LogP contribution is -2.25. The van der Waals surface area contributed by atoms with Crippen LogP contribution < -0.4 is 10.9 Å². The third-order valence-electron chi connectivity index (χ3n) is 3.59. The van der Waals surface area contributed by atoms with Crippen LogP contribution >= 0.6 is 0 Å². The summed E-state index contributed by atoms with van der Waals surface area (Å²) in [5.41, 5.74) is -0.0412. The molecule has 1 saturated heterocycles. The molecule has 1 aromatic carbocycles. The Morgan fingerprint density at radius 3 is 3.11 bits per heavy atom. The number of fused-ring (bicyclic) bond motifs is 1. The van der Waals surface area contributed by atoms with Crippen molar-refractivity contribution in [3.8, 4) is 0 Å². The third kappa shape index (κ3) is 2.79. The third-order valence-corrected chi connectivity index (χ3v) is 3.59. The van der Waals surface area contributed by atoms with Gasteiger partial charge in [-0.2, -0.15) is 0 Å². The van der Waals surface area contributed by atoms with Crippen LogP contribution in [0.15, 0.2) is 35.1 Å². The number of ether oxygens (including phenoxy) is 1. The zero-order chi connectivity index (χ0) is 13.1. The molecule has 1 unspecified atom stereocenters. The van der Waals surface area contributed by atoms with Crippen LogP contribution in [0.25, 0.3) is 10.8 Å². The van der Waals surface area contributed by atoms with Gasteiger partial charge in [-0.15, -0.1) is 0 Å². The number of nitrogens with one attached hydrogen (secondary N) is 2. The van der Waals surface area contributed by atoms with Crippen LogP contribution in [-0.2, 0) is 4.74 Å². The molecule has 19 heavy (non-hydrogen) atoms. The first-order valence-corrected chi connectivity index (χ1v) is 6.76. The zero-order valence-electron chi connectivity index (χ0n) is 10.8. The maximum absolute atomic E-state index is 11.9. The molecule has 1 aromatic heterocycles. The summed E-state index contributed by atoms with van der Waals surface area (Å²) < 4.78 is 5.45. The fourth-order valence-corrected chi connectivity index (χ4v) is 2.53. The van der Waals surface area contributed by atoms with Gasteiger partial charge in [0.15, 0.2) is 0 Å². The van der Waals surface area contributed by atoms with Crippen molar-refractivity contribution in [2.75, 3.05) is 25.1 Å². The molecule has 0 aliphatic carbocycles. The quantitative estimate of drug-likeness (QED) is 0.888. The summed E-state index contributed by atoms with van der Waals surface area (Å²) in [6.07, 6.45) is 2.31. The van der Waals surface area contributed by atoms with E-state index in [1.165, 1.54) is 6.42 Å². The number of H-pyrrole nitrogens is 1. The molecule has 0 bridgehead atoms. The molecule has 2 N–H and O–H groups in total. The average molecular weight is 258 g/mol. The van der Waals surface area contributed by atoms with Crippen molar-refractivity contribution in [1.82, 2.24) is 4.98 Å². The lowest BCUT2D eigenvalue weighted by atomic mass is 10.0. The summed E-state index contributed by atoms with van der Waals surface area (Å²) in [6.45, 7) is 2.53. The van der Waals surface area contributed by atoms with Crippen molar-refractivity contribution in [1.29, 1.82) is 0 Å². The van der Waals surface area contributed by atoms with Crippen molar-refractivity contribution in [3.63, 3.8) is 0 Å². The standard InChI is InChI=1S/C15H18N2O2/c18-15-13-6-2-1-5-12(13)8-14(17-15)16-9-11-4-3-7-19-10-11/h1-2,5-6,8,11H,3-4,7,9-10H2,(H2,16,17,18). The molecule has 3 rings (SSSR count). The van der Waals surface area contributed by atoms with E-state index < -0.39 is 0 Å². The number of benzene rings is 1. The lowest BCUT2D eigenvalue weighted by molar-refractivity contribution is 0.0595. The highest BCUT2D eigenvalue weighted by Gasteiger charge is 2.13. The fourth-order valence-electron chi connectivity index (χ4n) is 2.53. The molecular weight excluding hydrogens is 240 g/mol. The Hall–Kier alpha value is -1.81. The topological polar surface area (TPSA) is 54.1 Å². The number of pyridine rings is 1. The second-order valence-electron chi connectivity index (χ2n) is 5.06. The molecule has 2 aromatic rings. The first-order valence-electron chi connectivity index (χ1n) is 6.76. The van der Waals surface area contributed by atoms with Crippen LogP contribution in [0.2, 0.25) is 0 Å². The van der Waals surface area contributed by atoms with Gasteiger partial charge >= 0.3 is 0 Å². The molecule has 1 fully saturated rings. The Labute approximate surface area is 111 Å². The Balaban J connectivity index is 1.75. The minimum atomic E-state index is -0.0412. The predicted molar refractivity (Wildman–Crippen MR) is 76.6 cm³/mol. The van der Waals surface area contributed by atoms with Crippen molar-refractivity contribution in [3.05, 3.63) is 40.7 Å². The zero-order valence-corrected chi connectivity index (χ0v) is 10.8. The number of hydrogen-bond acceptors (Lipinski definition) is 3. The van der Waals surface area contributed by atoms with Crippen molar-refractivity contribution in [2.45, 2.75) is 12.8 Å². The van der Waals surface area contributed by atoms with E-state index in [9.17, 15) is 4.79 Å². The molecule has 1 aliphatic rings. The number of rotatable bonds is 3. The summed E-state index contributed by atoms with van der Waals surface area (Å²) in [5, 5.41) is 5.01. The van der Waals surface area contributed by atoms with Crippen molar-refractivity contribution in [2.24, 2.45) is 5.92 Å². The molecule has 100 valence electrons. The Morgan fingerprint density at radius 1 is 1.37 bits per heavy atom. The summed E-state index contributed by atoms with van der Waals surface area (Å²) in [7, 11) is 0. The monoisotopic (exact) mass is 258 g/mol. The fraction of sp³-hybridized carbons (Fsp3) is 0.400. The minimum Gasteiger partial charge on any atom is -0.381 e. The van der Waals surface area contributed by atoms with Gasteiger partial charge in [0, 0.05) is 18.5 Å². The second-order valence-corrected chi connectivity index (χ2v) is 5.06. The molecule has 0 radical (unpaired) electrons. The molecule has 0 spiro atoms. The minimum absolute atomic E-state index is 0.0412. The van der Waals surface area contributed by atoms with E-state index in [2.05, 4.69) is 10.3 Å². The Kier molecular flexibility index (Phi) is 3.51. The van der Waals surface area contributed by atoms with Crippen LogP contribution in [-0.4, -0.2) is 24.7 Å². The van der Waals surface area contributed by atoms with Gasteiger partial charge in [-0.05, 0) is 36.3 Å². The smallest absolute Gasteiger partial charge is 0.257 e. The Morgan fingerprint density at radius 2 is 2.26 bits per heavy atom. The van der Waals surface area contributed by atoms with Crippen LogP contribution in [0.3, 0.4) is 0 Å².